The Balaban J connectivity index is 1.90. The predicted molar refractivity (Wildman–Crippen MR) is 104 cm³/mol. The van der Waals surface area contributed by atoms with Crippen molar-refractivity contribution in [1.82, 2.24) is 15.1 Å². The molecule has 3 N–H and O–H groups in total. The van der Waals surface area contributed by atoms with Gasteiger partial charge in [-0.1, -0.05) is 23.8 Å². The van der Waals surface area contributed by atoms with Crippen LogP contribution in [0.15, 0.2) is 42.5 Å². The van der Waals surface area contributed by atoms with E-state index in [0.717, 1.165) is 34.0 Å². The van der Waals surface area contributed by atoms with Crippen molar-refractivity contribution in [1.29, 1.82) is 0 Å². The van der Waals surface area contributed by atoms with Crippen molar-refractivity contribution in [3.8, 4) is 11.6 Å². The first-order valence-corrected chi connectivity index (χ1v) is 9.00. The van der Waals surface area contributed by atoms with E-state index in [2.05, 4.69) is 10.4 Å². The van der Waals surface area contributed by atoms with Crippen LogP contribution >= 0.6 is 0 Å². The highest BCUT2D eigenvalue weighted by atomic mass is 19.1. The molecule has 1 heterocycles. The molecule has 156 valence electrons. The van der Waals surface area contributed by atoms with Gasteiger partial charge in [-0.05, 0) is 37.1 Å². The summed E-state index contributed by atoms with van der Waals surface area (Å²) in [4.78, 5) is 24.0. The Hall–Kier alpha value is -3.75. The van der Waals surface area contributed by atoms with Crippen molar-refractivity contribution in [2.75, 3.05) is 0 Å². The van der Waals surface area contributed by atoms with Gasteiger partial charge in [-0.15, -0.1) is 0 Å². The highest BCUT2D eigenvalue weighted by molar-refractivity contribution is 5.93. The monoisotopic (exact) mass is 415 g/mol. The summed E-state index contributed by atoms with van der Waals surface area (Å²) < 4.78 is 27.9. The van der Waals surface area contributed by atoms with Crippen LogP contribution in [0, 0.1) is 25.5 Å². The second-order valence-electron chi connectivity index (χ2n) is 6.88. The summed E-state index contributed by atoms with van der Waals surface area (Å²) in [5, 5.41) is 25.8. The number of carboxylic acids is 1. The van der Waals surface area contributed by atoms with Gasteiger partial charge >= 0.3 is 5.97 Å². The molecule has 1 unspecified atom stereocenters. The molecule has 0 aliphatic rings. The van der Waals surface area contributed by atoms with Crippen LogP contribution in [0.25, 0.3) is 5.69 Å². The van der Waals surface area contributed by atoms with Gasteiger partial charge in [0.15, 0.2) is 11.5 Å². The third-order valence-electron chi connectivity index (χ3n) is 4.55. The van der Waals surface area contributed by atoms with Crippen molar-refractivity contribution >= 4 is 11.9 Å². The Bertz CT molecular complexity index is 1130. The Morgan fingerprint density at radius 1 is 1.13 bits per heavy atom. The second kappa shape index (κ2) is 8.32. The summed E-state index contributed by atoms with van der Waals surface area (Å²) in [6, 6.07) is 8.27. The lowest BCUT2D eigenvalue weighted by molar-refractivity contribution is -0.137. The van der Waals surface area contributed by atoms with E-state index in [1.165, 1.54) is 0 Å². The molecule has 0 aliphatic carbocycles. The topological polar surface area (TPSA) is 104 Å². The molecule has 0 fully saturated rings. The van der Waals surface area contributed by atoms with Gasteiger partial charge in [0.2, 0.25) is 5.88 Å². The normalized spacial score (nSPS) is 11.9. The van der Waals surface area contributed by atoms with E-state index in [1.807, 2.05) is 13.0 Å². The van der Waals surface area contributed by atoms with Crippen LogP contribution in [-0.2, 0) is 4.79 Å². The maximum atomic E-state index is 14.0. The molecule has 1 aromatic heterocycles. The molecule has 0 radical (unpaired) electrons. The molecule has 0 aliphatic heterocycles. The van der Waals surface area contributed by atoms with Crippen molar-refractivity contribution in [2.24, 2.45) is 0 Å². The fourth-order valence-corrected chi connectivity index (χ4v) is 3.17. The molecule has 3 rings (SSSR count). The number of rotatable bonds is 6. The minimum Gasteiger partial charge on any atom is -0.493 e. The molecule has 1 amide bonds. The zero-order chi connectivity index (χ0) is 22.0. The van der Waals surface area contributed by atoms with Gasteiger partial charge in [0, 0.05) is 12.1 Å². The number of nitrogens with zero attached hydrogens (tertiary/aromatic N) is 2. The zero-order valence-corrected chi connectivity index (χ0v) is 16.2. The first-order valence-electron chi connectivity index (χ1n) is 9.00. The number of carbonyl (C=O) groups excluding carboxylic acids is 1. The van der Waals surface area contributed by atoms with Gasteiger partial charge in [0.1, 0.15) is 11.5 Å². The SMILES string of the molecule is Cc1ccc(C(CC(=O)O)NC(=O)c2cc(O)n(-c3ccc(F)cc3F)n2)c(C)c1. The summed E-state index contributed by atoms with van der Waals surface area (Å²) in [6.45, 7) is 3.70. The lowest BCUT2D eigenvalue weighted by atomic mass is 9.97. The third kappa shape index (κ3) is 4.45. The van der Waals surface area contributed by atoms with Gasteiger partial charge in [-0.3, -0.25) is 9.59 Å². The first-order chi connectivity index (χ1) is 14.2. The van der Waals surface area contributed by atoms with Crippen LogP contribution in [0.1, 0.15) is 39.6 Å². The molecule has 2 aromatic carbocycles. The number of hydrogen-bond acceptors (Lipinski definition) is 4. The van der Waals surface area contributed by atoms with Crippen molar-refractivity contribution < 1.29 is 28.6 Å². The van der Waals surface area contributed by atoms with E-state index in [-0.39, 0.29) is 17.8 Å². The van der Waals surface area contributed by atoms with Crippen LogP contribution < -0.4 is 5.32 Å². The fraction of sp³-hybridized carbons (Fsp3) is 0.190. The van der Waals surface area contributed by atoms with Gasteiger partial charge in [0.05, 0.1) is 12.5 Å². The Labute approximate surface area is 170 Å². The van der Waals surface area contributed by atoms with Gasteiger partial charge in [-0.25, -0.2) is 8.78 Å². The van der Waals surface area contributed by atoms with Gasteiger partial charge in [0.25, 0.3) is 5.91 Å². The average Bonchev–Trinajstić information content (AvgIpc) is 3.02. The molecule has 3 aromatic rings. The average molecular weight is 415 g/mol. The van der Waals surface area contributed by atoms with E-state index in [9.17, 15) is 28.6 Å². The summed E-state index contributed by atoms with van der Waals surface area (Å²) in [6.07, 6.45) is -0.366. The lowest BCUT2D eigenvalue weighted by Gasteiger charge is -2.19. The number of halogens is 2. The van der Waals surface area contributed by atoms with Crippen LogP contribution in [0.2, 0.25) is 0 Å². The Morgan fingerprint density at radius 3 is 2.50 bits per heavy atom. The first kappa shape index (κ1) is 21.0. The number of aromatic hydroxyl groups is 1. The largest absolute Gasteiger partial charge is 0.493 e. The molecular weight excluding hydrogens is 396 g/mol. The molecule has 7 nitrogen and oxygen atoms in total. The summed E-state index contributed by atoms with van der Waals surface area (Å²) in [5.41, 5.74) is 1.93. The van der Waals surface area contributed by atoms with Crippen molar-refractivity contribution in [2.45, 2.75) is 26.3 Å². The number of carbonyl (C=O) groups is 2. The van der Waals surface area contributed by atoms with E-state index in [0.29, 0.717) is 11.6 Å². The molecule has 0 saturated carbocycles. The number of benzene rings is 2. The fourth-order valence-electron chi connectivity index (χ4n) is 3.17. The molecular formula is C21H19F2N3O4. The van der Waals surface area contributed by atoms with E-state index < -0.39 is 35.4 Å². The van der Waals surface area contributed by atoms with Crippen LogP contribution in [0.5, 0.6) is 5.88 Å². The number of aromatic nitrogens is 2. The van der Waals surface area contributed by atoms with E-state index in [4.69, 9.17) is 0 Å². The Morgan fingerprint density at radius 2 is 1.87 bits per heavy atom. The summed E-state index contributed by atoms with van der Waals surface area (Å²) in [7, 11) is 0. The summed E-state index contributed by atoms with van der Waals surface area (Å²) >= 11 is 0. The Kier molecular flexibility index (Phi) is 5.81. The van der Waals surface area contributed by atoms with E-state index >= 15 is 0 Å². The van der Waals surface area contributed by atoms with Gasteiger partial charge in [-0.2, -0.15) is 9.78 Å². The van der Waals surface area contributed by atoms with Crippen LogP contribution in [0.3, 0.4) is 0 Å². The number of aryl methyl sites for hydroxylation is 2. The highest BCUT2D eigenvalue weighted by Gasteiger charge is 2.23. The minimum atomic E-state index is -1.11. The molecule has 0 bridgehead atoms. The molecule has 0 saturated heterocycles. The molecule has 30 heavy (non-hydrogen) atoms. The molecule has 0 spiro atoms. The van der Waals surface area contributed by atoms with Crippen LogP contribution in [-0.4, -0.2) is 31.9 Å². The quantitative estimate of drug-likeness (QED) is 0.572. The molecule has 1 atom stereocenters. The number of carboxylic acid groups (broad SMARTS) is 1. The van der Waals surface area contributed by atoms with Gasteiger partial charge < -0.3 is 15.5 Å². The number of aliphatic carboxylic acids is 1. The highest BCUT2D eigenvalue weighted by Crippen LogP contribution is 2.24. The predicted octanol–water partition coefficient (Wildman–Crippen LogP) is 3.42. The number of nitrogens with one attached hydrogen (secondary N) is 1. The zero-order valence-electron chi connectivity index (χ0n) is 16.2. The van der Waals surface area contributed by atoms with Crippen molar-refractivity contribution in [3.63, 3.8) is 0 Å². The lowest BCUT2D eigenvalue weighted by Crippen LogP contribution is -2.31. The molecule has 9 heteroatoms. The standard InChI is InChI=1S/C21H19F2N3O4/c1-11-3-5-14(12(2)7-11)16(10-20(28)29)24-21(30)17-9-19(27)26(25-17)18-6-4-13(22)8-15(18)23/h3-9,16,27H,10H2,1-2H3,(H,24,30)(H,28,29). The minimum absolute atomic E-state index is 0.246. The van der Waals surface area contributed by atoms with Crippen LogP contribution in [0.4, 0.5) is 8.78 Å². The maximum absolute atomic E-state index is 14.0. The maximum Gasteiger partial charge on any atom is 0.305 e. The number of amides is 1. The van der Waals surface area contributed by atoms with E-state index in [1.54, 1.807) is 19.1 Å². The number of hydrogen-bond donors (Lipinski definition) is 3. The second-order valence-corrected chi connectivity index (χ2v) is 6.88. The summed E-state index contributed by atoms with van der Waals surface area (Å²) in [5.74, 6) is -4.17. The smallest absolute Gasteiger partial charge is 0.305 e. The third-order valence-corrected chi connectivity index (χ3v) is 4.55. The van der Waals surface area contributed by atoms with Crippen molar-refractivity contribution in [3.05, 3.63) is 76.5 Å².